The van der Waals surface area contributed by atoms with E-state index in [1.54, 1.807) is 0 Å². The number of hydrogen-bond acceptors (Lipinski definition) is 4. The van der Waals surface area contributed by atoms with Gasteiger partial charge < -0.3 is 19.9 Å². The third kappa shape index (κ3) is 2.72. The first-order valence-corrected chi connectivity index (χ1v) is 7.32. The molecule has 1 aliphatic carbocycles. The minimum atomic E-state index is -0.0579. The van der Waals surface area contributed by atoms with E-state index in [9.17, 15) is 0 Å². The first kappa shape index (κ1) is 12.9. The van der Waals surface area contributed by atoms with E-state index in [0.29, 0.717) is 12.7 Å². The number of rotatable bonds is 3. The summed E-state index contributed by atoms with van der Waals surface area (Å²) in [5.74, 6) is 0. The van der Waals surface area contributed by atoms with Crippen molar-refractivity contribution >= 4 is 0 Å². The summed E-state index contributed by atoms with van der Waals surface area (Å²) in [6.07, 6.45) is 8.04. The molecule has 2 aliphatic heterocycles. The monoisotopic (exact) mass is 255 g/mol. The smallest absolute Gasteiger partial charge is 0.0961 e. The first-order chi connectivity index (χ1) is 8.70. The zero-order chi connectivity index (χ0) is 12.5. The quantitative estimate of drug-likeness (QED) is 0.832. The van der Waals surface area contributed by atoms with Crippen molar-refractivity contribution in [3.8, 4) is 0 Å². The van der Waals surface area contributed by atoms with Gasteiger partial charge in [-0.2, -0.15) is 0 Å². The fourth-order valence-electron chi connectivity index (χ4n) is 3.50. The Morgan fingerprint density at radius 2 is 2.00 bits per heavy atom. The van der Waals surface area contributed by atoms with Crippen LogP contribution in [0.2, 0.25) is 0 Å². The van der Waals surface area contributed by atoms with Crippen LogP contribution < -0.4 is 5.73 Å². The van der Waals surface area contributed by atoms with Gasteiger partial charge in [0.1, 0.15) is 0 Å². The Bertz CT molecular complexity index is 283. The Morgan fingerprint density at radius 3 is 2.72 bits per heavy atom. The van der Waals surface area contributed by atoms with E-state index in [2.05, 4.69) is 0 Å². The Labute approximate surface area is 109 Å². The predicted molar refractivity (Wildman–Crippen MR) is 68.5 cm³/mol. The van der Waals surface area contributed by atoms with Crippen LogP contribution in [0.4, 0.5) is 0 Å². The number of nitrogens with two attached hydrogens (primary N) is 1. The van der Waals surface area contributed by atoms with Gasteiger partial charge in [-0.1, -0.05) is 12.8 Å². The minimum absolute atomic E-state index is 0.0552. The molecule has 2 atom stereocenters. The maximum absolute atomic E-state index is 6.34. The summed E-state index contributed by atoms with van der Waals surface area (Å²) in [5, 5.41) is 0. The van der Waals surface area contributed by atoms with Crippen molar-refractivity contribution in [2.24, 2.45) is 5.73 Å². The molecule has 0 radical (unpaired) electrons. The van der Waals surface area contributed by atoms with E-state index in [0.717, 1.165) is 51.9 Å². The maximum Gasteiger partial charge on any atom is 0.0961 e. The second-order valence-electron chi connectivity index (χ2n) is 6.33. The summed E-state index contributed by atoms with van der Waals surface area (Å²) in [6, 6.07) is 0. The third-order valence-electron chi connectivity index (χ3n) is 4.72. The highest BCUT2D eigenvalue weighted by Gasteiger charge is 2.42. The van der Waals surface area contributed by atoms with Crippen molar-refractivity contribution in [1.29, 1.82) is 0 Å². The summed E-state index contributed by atoms with van der Waals surface area (Å²) >= 11 is 0. The average Bonchev–Trinajstić information content (AvgIpc) is 2.98. The average molecular weight is 255 g/mol. The Hall–Kier alpha value is -0.160. The Kier molecular flexibility index (Phi) is 3.63. The van der Waals surface area contributed by atoms with Crippen LogP contribution in [0.25, 0.3) is 0 Å². The first-order valence-electron chi connectivity index (χ1n) is 7.32. The minimum Gasteiger partial charge on any atom is -0.378 e. The van der Waals surface area contributed by atoms with Crippen LogP contribution in [-0.2, 0) is 14.2 Å². The van der Waals surface area contributed by atoms with Gasteiger partial charge in [0.2, 0.25) is 0 Å². The number of ether oxygens (including phenoxy) is 3. The van der Waals surface area contributed by atoms with Crippen molar-refractivity contribution in [2.75, 3.05) is 26.4 Å². The Balaban J connectivity index is 1.50. The molecule has 1 spiro atoms. The second-order valence-corrected chi connectivity index (χ2v) is 6.33. The van der Waals surface area contributed by atoms with Gasteiger partial charge in [-0.25, -0.2) is 0 Å². The third-order valence-corrected chi connectivity index (χ3v) is 4.72. The van der Waals surface area contributed by atoms with Crippen LogP contribution in [-0.4, -0.2) is 43.7 Å². The standard InChI is InChI=1S/C14H25NO3/c15-13(4-1-2-5-13)10-17-12-3-7-18-14(9-12)6-8-16-11-14/h12H,1-11,15H2. The zero-order valence-corrected chi connectivity index (χ0v) is 11.2. The van der Waals surface area contributed by atoms with Gasteiger partial charge in [0, 0.05) is 31.6 Å². The summed E-state index contributed by atoms with van der Waals surface area (Å²) in [7, 11) is 0. The van der Waals surface area contributed by atoms with Crippen LogP contribution in [0.5, 0.6) is 0 Å². The molecule has 2 heterocycles. The Morgan fingerprint density at radius 1 is 1.17 bits per heavy atom. The predicted octanol–water partition coefficient (Wildman–Crippen LogP) is 1.61. The van der Waals surface area contributed by atoms with E-state index in [1.807, 2.05) is 0 Å². The van der Waals surface area contributed by atoms with Crippen LogP contribution in [0.15, 0.2) is 0 Å². The van der Waals surface area contributed by atoms with Crippen molar-refractivity contribution in [3.63, 3.8) is 0 Å². The highest BCUT2D eigenvalue weighted by atomic mass is 16.6. The largest absolute Gasteiger partial charge is 0.378 e. The van der Waals surface area contributed by atoms with E-state index in [-0.39, 0.29) is 11.1 Å². The zero-order valence-electron chi connectivity index (χ0n) is 11.2. The molecule has 0 amide bonds. The molecule has 3 fully saturated rings. The van der Waals surface area contributed by atoms with Gasteiger partial charge in [-0.3, -0.25) is 0 Å². The maximum atomic E-state index is 6.34. The van der Waals surface area contributed by atoms with Crippen molar-refractivity contribution in [2.45, 2.75) is 62.2 Å². The highest BCUT2D eigenvalue weighted by molar-refractivity contribution is 4.93. The summed E-state index contributed by atoms with van der Waals surface area (Å²) in [5.41, 5.74) is 6.23. The molecule has 0 aromatic carbocycles. The molecular formula is C14H25NO3. The fraction of sp³-hybridized carbons (Fsp3) is 1.00. The van der Waals surface area contributed by atoms with Crippen molar-refractivity contribution < 1.29 is 14.2 Å². The molecule has 18 heavy (non-hydrogen) atoms. The fourth-order valence-corrected chi connectivity index (χ4v) is 3.50. The highest BCUT2D eigenvalue weighted by Crippen LogP contribution is 2.35. The molecule has 0 aromatic rings. The molecule has 2 unspecified atom stereocenters. The van der Waals surface area contributed by atoms with Gasteiger partial charge in [-0.05, 0) is 19.3 Å². The van der Waals surface area contributed by atoms with E-state index < -0.39 is 0 Å². The summed E-state index contributed by atoms with van der Waals surface area (Å²) in [6.45, 7) is 3.08. The van der Waals surface area contributed by atoms with Gasteiger partial charge in [0.25, 0.3) is 0 Å². The van der Waals surface area contributed by atoms with Gasteiger partial charge in [-0.15, -0.1) is 0 Å². The lowest BCUT2D eigenvalue weighted by Crippen LogP contribution is -2.47. The molecule has 3 aliphatic rings. The van der Waals surface area contributed by atoms with Crippen molar-refractivity contribution in [3.05, 3.63) is 0 Å². The molecule has 3 rings (SSSR count). The molecule has 1 saturated carbocycles. The van der Waals surface area contributed by atoms with Gasteiger partial charge in [0.05, 0.1) is 24.9 Å². The lowest BCUT2D eigenvalue weighted by Gasteiger charge is -2.38. The van der Waals surface area contributed by atoms with E-state index >= 15 is 0 Å². The number of hydrogen-bond donors (Lipinski definition) is 1. The molecule has 2 saturated heterocycles. The molecule has 2 N–H and O–H groups in total. The normalized spacial score (nSPS) is 39.5. The second kappa shape index (κ2) is 5.08. The summed E-state index contributed by atoms with van der Waals surface area (Å²) in [4.78, 5) is 0. The van der Waals surface area contributed by atoms with Crippen LogP contribution in [0.3, 0.4) is 0 Å². The van der Waals surface area contributed by atoms with Gasteiger partial charge in [0.15, 0.2) is 0 Å². The molecule has 104 valence electrons. The molecule has 0 aromatic heterocycles. The van der Waals surface area contributed by atoms with Gasteiger partial charge >= 0.3 is 0 Å². The van der Waals surface area contributed by atoms with Crippen LogP contribution >= 0.6 is 0 Å². The SMILES string of the molecule is NC1(COC2CCOC3(CCOC3)C2)CCCC1. The summed E-state index contributed by atoms with van der Waals surface area (Å²) < 4.78 is 17.5. The van der Waals surface area contributed by atoms with Crippen molar-refractivity contribution in [1.82, 2.24) is 0 Å². The van der Waals surface area contributed by atoms with E-state index in [4.69, 9.17) is 19.9 Å². The lowest BCUT2D eigenvalue weighted by molar-refractivity contribution is -0.137. The molecule has 4 nitrogen and oxygen atoms in total. The van der Waals surface area contributed by atoms with E-state index in [1.165, 1.54) is 12.8 Å². The van der Waals surface area contributed by atoms with Crippen LogP contribution in [0, 0.1) is 0 Å². The van der Waals surface area contributed by atoms with Crippen LogP contribution in [0.1, 0.15) is 44.9 Å². The topological polar surface area (TPSA) is 53.7 Å². The molecular weight excluding hydrogens is 230 g/mol. The molecule has 4 heteroatoms. The molecule has 0 bridgehead atoms. The lowest BCUT2D eigenvalue weighted by atomic mass is 9.91.